The molecule has 6 nitrogen and oxygen atoms in total. The lowest BCUT2D eigenvalue weighted by Gasteiger charge is -2.38. The lowest BCUT2D eigenvalue weighted by molar-refractivity contribution is 0.163. The van der Waals surface area contributed by atoms with Gasteiger partial charge in [-0.25, -0.2) is 8.78 Å². The van der Waals surface area contributed by atoms with Crippen LogP contribution in [0.3, 0.4) is 0 Å². The standard InChI is InChI=1S/C17H19F2N5O/c1-3-15-21-17(25-22-15)11(2)23-4-6-24(7-5-23)16-13(18)8-12(10-20)9-14(16)19/h8-9,11H,3-7H2,1-2H3. The minimum absolute atomic E-state index is 0.0193. The van der Waals surface area contributed by atoms with Crippen LogP contribution in [0.25, 0.3) is 0 Å². The minimum Gasteiger partial charge on any atom is -0.364 e. The molecule has 1 aliphatic heterocycles. The van der Waals surface area contributed by atoms with Crippen molar-refractivity contribution in [2.45, 2.75) is 26.3 Å². The minimum atomic E-state index is -0.706. The van der Waals surface area contributed by atoms with Gasteiger partial charge in [0.05, 0.1) is 17.7 Å². The number of piperazine rings is 1. The maximum Gasteiger partial charge on any atom is 0.243 e. The van der Waals surface area contributed by atoms with E-state index in [9.17, 15) is 8.78 Å². The van der Waals surface area contributed by atoms with Crippen LogP contribution in [0.4, 0.5) is 14.5 Å². The molecule has 1 atom stereocenters. The van der Waals surface area contributed by atoms with Gasteiger partial charge in [-0.05, 0) is 19.1 Å². The number of anilines is 1. The summed E-state index contributed by atoms with van der Waals surface area (Å²) in [6.45, 7) is 6.11. The third kappa shape index (κ3) is 3.46. The predicted molar refractivity (Wildman–Crippen MR) is 87.0 cm³/mol. The van der Waals surface area contributed by atoms with E-state index < -0.39 is 11.6 Å². The molecule has 2 aromatic rings. The molecule has 25 heavy (non-hydrogen) atoms. The number of benzene rings is 1. The smallest absolute Gasteiger partial charge is 0.243 e. The lowest BCUT2D eigenvalue weighted by atomic mass is 10.1. The van der Waals surface area contributed by atoms with E-state index in [1.165, 1.54) is 0 Å². The van der Waals surface area contributed by atoms with E-state index in [-0.39, 0.29) is 17.3 Å². The summed E-state index contributed by atoms with van der Waals surface area (Å²) in [5.74, 6) is -0.187. The molecule has 0 saturated carbocycles. The second-order valence-electron chi connectivity index (χ2n) is 6.00. The molecule has 0 aliphatic carbocycles. The van der Waals surface area contributed by atoms with E-state index in [2.05, 4.69) is 15.0 Å². The molecule has 0 spiro atoms. The SMILES string of the molecule is CCc1noc(C(C)N2CCN(c3c(F)cc(C#N)cc3F)CC2)n1. The van der Waals surface area contributed by atoms with E-state index in [1.807, 2.05) is 13.8 Å². The zero-order chi connectivity index (χ0) is 18.0. The average Bonchev–Trinajstić information content (AvgIpc) is 3.10. The monoisotopic (exact) mass is 347 g/mol. The van der Waals surface area contributed by atoms with Crippen molar-refractivity contribution in [1.29, 1.82) is 5.26 Å². The first-order valence-corrected chi connectivity index (χ1v) is 8.24. The molecule has 2 heterocycles. The van der Waals surface area contributed by atoms with Crippen LogP contribution in [0.5, 0.6) is 0 Å². The van der Waals surface area contributed by atoms with Crippen LogP contribution in [0.15, 0.2) is 16.7 Å². The Hall–Kier alpha value is -2.53. The average molecular weight is 347 g/mol. The second kappa shape index (κ2) is 7.15. The highest BCUT2D eigenvalue weighted by Crippen LogP contribution is 2.28. The molecule has 0 amide bonds. The number of nitrogens with zero attached hydrogens (tertiary/aromatic N) is 5. The molecular formula is C17H19F2N5O. The van der Waals surface area contributed by atoms with Crippen molar-refractivity contribution in [3.63, 3.8) is 0 Å². The Balaban J connectivity index is 1.69. The van der Waals surface area contributed by atoms with Gasteiger partial charge in [0.25, 0.3) is 0 Å². The van der Waals surface area contributed by atoms with Crippen molar-refractivity contribution in [2.75, 3.05) is 31.1 Å². The molecule has 0 N–H and O–H groups in total. The number of hydrogen-bond donors (Lipinski definition) is 0. The molecule has 1 unspecified atom stereocenters. The lowest BCUT2D eigenvalue weighted by Crippen LogP contribution is -2.47. The Morgan fingerprint density at radius 1 is 1.24 bits per heavy atom. The summed E-state index contributed by atoms with van der Waals surface area (Å²) in [6, 6.07) is 3.84. The van der Waals surface area contributed by atoms with Gasteiger partial charge in [0.1, 0.15) is 5.69 Å². The number of aryl methyl sites for hydroxylation is 1. The second-order valence-corrected chi connectivity index (χ2v) is 6.00. The first kappa shape index (κ1) is 17.3. The summed E-state index contributed by atoms with van der Waals surface area (Å²) in [5, 5.41) is 12.7. The van der Waals surface area contributed by atoms with Crippen molar-refractivity contribution in [3.05, 3.63) is 41.0 Å². The van der Waals surface area contributed by atoms with Gasteiger partial charge in [-0.1, -0.05) is 12.1 Å². The van der Waals surface area contributed by atoms with Crippen molar-refractivity contribution < 1.29 is 13.3 Å². The molecule has 1 fully saturated rings. The first-order chi connectivity index (χ1) is 12.0. The largest absolute Gasteiger partial charge is 0.364 e. The van der Waals surface area contributed by atoms with Crippen LogP contribution in [0, 0.1) is 23.0 Å². The van der Waals surface area contributed by atoms with Crippen molar-refractivity contribution in [3.8, 4) is 6.07 Å². The van der Waals surface area contributed by atoms with Gasteiger partial charge in [0, 0.05) is 32.6 Å². The Kier molecular flexibility index (Phi) is 4.95. The molecule has 1 aromatic heterocycles. The third-order valence-corrected chi connectivity index (χ3v) is 4.48. The summed E-state index contributed by atoms with van der Waals surface area (Å²) in [7, 11) is 0. The van der Waals surface area contributed by atoms with Crippen molar-refractivity contribution >= 4 is 5.69 Å². The maximum atomic E-state index is 14.2. The van der Waals surface area contributed by atoms with E-state index in [4.69, 9.17) is 9.78 Å². The van der Waals surface area contributed by atoms with Crippen LogP contribution < -0.4 is 4.90 Å². The normalized spacial score (nSPS) is 16.7. The summed E-state index contributed by atoms with van der Waals surface area (Å²) in [4.78, 5) is 8.15. The number of aromatic nitrogens is 2. The molecule has 1 aliphatic rings. The molecular weight excluding hydrogens is 328 g/mol. The van der Waals surface area contributed by atoms with Gasteiger partial charge in [-0.15, -0.1) is 0 Å². The Morgan fingerprint density at radius 2 is 1.88 bits per heavy atom. The van der Waals surface area contributed by atoms with Crippen LogP contribution >= 0.6 is 0 Å². The number of hydrogen-bond acceptors (Lipinski definition) is 6. The van der Waals surface area contributed by atoms with Gasteiger partial charge in [-0.3, -0.25) is 4.90 Å². The van der Waals surface area contributed by atoms with Crippen molar-refractivity contribution in [1.82, 2.24) is 15.0 Å². The zero-order valence-electron chi connectivity index (χ0n) is 14.2. The highest BCUT2D eigenvalue weighted by atomic mass is 19.1. The molecule has 132 valence electrons. The molecule has 3 rings (SSSR count). The van der Waals surface area contributed by atoms with Crippen molar-refractivity contribution in [2.24, 2.45) is 0 Å². The molecule has 1 aromatic carbocycles. The molecule has 1 saturated heterocycles. The van der Waals surface area contributed by atoms with Gasteiger partial charge in [-0.2, -0.15) is 10.2 Å². The summed E-state index contributed by atoms with van der Waals surface area (Å²) in [6.07, 6.45) is 0.710. The number of halogens is 2. The van der Waals surface area contributed by atoms with Gasteiger partial charge < -0.3 is 9.42 Å². The molecule has 0 radical (unpaired) electrons. The van der Waals surface area contributed by atoms with E-state index >= 15 is 0 Å². The summed E-state index contributed by atoms with van der Waals surface area (Å²) < 4.78 is 33.6. The van der Waals surface area contributed by atoms with Crippen LogP contribution in [-0.4, -0.2) is 41.2 Å². The third-order valence-electron chi connectivity index (χ3n) is 4.48. The molecule has 0 bridgehead atoms. The Labute approximate surface area is 144 Å². The summed E-state index contributed by atoms with van der Waals surface area (Å²) in [5.41, 5.74) is -0.0912. The number of rotatable bonds is 4. The fourth-order valence-electron chi connectivity index (χ4n) is 3.00. The van der Waals surface area contributed by atoms with Crippen LogP contribution in [-0.2, 0) is 6.42 Å². The quantitative estimate of drug-likeness (QED) is 0.847. The van der Waals surface area contributed by atoms with E-state index in [0.29, 0.717) is 44.3 Å². The Morgan fingerprint density at radius 3 is 2.40 bits per heavy atom. The highest BCUT2D eigenvalue weighted by molar-refractivity contribution is 5.53. The fraction of sp³-hybridized carbons (Fsp3) is 0.471. The van der Waals surface area contributed by atoms with Gasteiger partial charge >= 0.3 is 0 Å². The number of nitriles is 1. The van der Waals surface area contributed by atoms with Crippen LogP contribution in [0.2, 0.25) is 0 Å². The topological polar surface area (TPSA) is 69.2 Å². The zero-order valence-corrected chi connectivity index (χ0v) is 14.2. The van der Waals surface area contributed by atoms with E-state index in [0.717, 1.165) is 12.1 Å². The van der Waals surface area contributed by atoms with Gasteiger partial charge in [0.2, 0.25) is 5.89 Å². The predicted octanol–water partition coefficient (Wildman–Crippen LogP) is 2.67. The van der Waals surface area contributed by atoms with E-state index in [1.54, 1.807) is 11.0 Å². The van der Waals surface area contributed by atoms with Crippen LogP contribution in [0.1, 0.15) is 37.2 Å². The highest BCUT2D eigenvalue weighted by Gasteiger charge is 2.28. The Bertz CT molecular complexity index is 770. The maximum absolute atomic E-state index is 14.2. The molecule has 8 heteroatoms. The fourth-order valence-corrected chi connectivity index (χ4v) is 3.00. The van der Waals surface area contributed by atoms with Gasteiger partial charge in [0.15, 0.2) is 17.5 Å². The summed E-state index contributed by atoms with van der Waals surface area (Å²) >= 11 is 0. The first-order valence-electron chi connectivity index (χ1n) is 8.24.